The van der Waals surface area contributed by atoms with Crippen molar-refractivity contribution in [2.45, 2.75) is 45.3 Å². The van der Waals surface area contributed by atoms with Crippen LogP contribution in [0.2, 0.25) is 0 Å². The lowest BCUT2D eigenvalue weighted by Gasteiger charge is -2.15. The fourth-order valence-electron chi connectivity index (χ4n) is 1.07. The summed E-state index contributed by atoms with van der Waals surface area (Å²) >= 11 is 0. The summed E-state index contributed by atoms with van der Waals surface area (Å²) in [5, 5.41) is 9.30. The first kappa shape index (κ1) is 11.4. The average Bonchev–Trinajstić information content (AvgIpc) is 1.84. The molecule has 0 aliphatic rings. The molecule has 0 rings (SSSR count). The summed E-state index contributed by atoms with van der Waals surface area (Å²) in [5.41, 5.74) is 0. The highest BCUT2D eigenvalue weighted by atomic mass is 16.5. The fourth-order valence-corrected chi connectivity index (χ4v) is 1.07. The van der Waals surface area contributed by atoms with Crippen molar-refractivity contribution in [2.75, 3.05) is 0 Å². The Bertz CT molecular complexity index is 134. The Morgan fingerprint density at radius 3 is 2.67 bits per heavy atom. The van der Waals surface area contributed by atoms with Crippen LogP contribution in [0.3, 0.4) is 0 Å². The molecule has 0 aliphatic heterocycles. The molecule has 71 valence electrons. The molecule has 12 heavy (non-hydrogen) atoms. The zero-order valence-corrected chi connectivity index (χ0v) is 7.75. The van der Waals surface area contributed by atoms with Gasteiger partial charge in [-0.2, -0.15) is 0 Å². The van der Waals surface area contributed by atoms with Gasteiger partial charge in [0, 0.05) is 13.3 Å². The van der Waals surface area contributed by atoms with Crippen LogP contribution in [0.15, 0.2) is 0 Å². The minimum atomic E-state index is -0.406. The molecule has 0 heterocycles. The second kappa shape index (κ2) is 6.00. The number of carbonyl (C=O) groups excluding carboxylic acids is 1. The number of rotatable bonds is 5. The van der Waals surface area contributed by atoms with Crippen LogP contribution in [0, 0.1) is 6.92 Å². The molecule has 0 saturated carbocycles. The third kappa shape index (κ3) is 6.16. The van der Waals surface area contributed by atoms with Gasteiger partial charge in [-0.3, -0.25) is 4.79 Å². The molecular weight excluding hydrogens is 156 g/mol. The normalized spacial score (nSPS) is 15.3. The molecule has 0 bridgehead atoms. The number of ether oxygens (including phenoxy) is 1. The van der Waals surface area contributed by atoms with Crippen LogP contribution in [0.5, 0.6) is 0 Å². The third-order valence-corrected chi connectivity index (χ3v) is 1.51. The van der Waals surface area contributed by atoms with E-state index in [2.05, 4.69) is 6.92 Å². The van der Waals surface area contributed by atoms with Crippen molar-refractivity contribution in [3.05, 3.63) is 6.92 Å². The highest BCUT2D eigenvalue weighted by molar-refractivity contribution is 5.66. The topological polar surface area (TPSA) is 46.5 Å². The van der Waals surface area contributed by atoms with Crippen LogP contribution in [-0.2, 0) is 9.53 Å². The van der Waals surface area contributed by atoms with Crippen LogP contribution in [0.25, 0.3) is 0 Å². The van der Waals surface area contributed by atoms with E-state index >= 15 is 0 Å². The SMILES string of the molecule is [CH2]CCC(O)CC(C)OC(C)=O. The Balaban J connectivity index is 3.53. The van der Waals surface area contributed by atoms with Crippen molar-refractivity contribution >= 4 is 5.97 Å². The van der Waals surface area contributed by atoms with Crippen LogP contribution >= 0.6 is 0 Å². The lowest BCUT2D eigenvalue weighted by molar-refractivity contribution is -0.146. The highest BCUT2D eigenvalue weighted by Gasteiger charge is 2.11. The molecule has 3 heteroatoms. The second-order valence-corrected chi connectivity index (χ2v) is 2.95. The molecule has 3 nitrogen and oxygen atoms in total. The van der Waals surface area contributed by atoms with E-state index in [1.54, 1.807) is 6.92 Å². The summed E-state index contributed by atoms with van der Waals surface area (Å²) < 4.78 is 4.85. The minimum Gasteiger partial charge on any atom is -0.463 e. The average molecular weight is 173 g/mol. The number of aliphatic hydroxyl groups is 1. The molecule has 0 aromatic rings. The molecule has 0 aliphatic carbocycles. The number of aliphatic hydroxyl groups excluding tert-OH is 1. The van der Waals surface area contributed by atoms with Gasteiger partial charge < -0.3 is 9.84 Å². The van der Waals surface area contributed by atoms with Crippen molar-refractivity contribution in [1.29, 1.82) is 0 Å². The summed E-state index contributed by atoms with van der Waals surface area (Å²) in [4.78, 5) is 10.5. The van der Waals surface area contributed by atoms with Crippen LogP contribution in [-0.4, -0.2) is 23.3 Å². The van der Waals surface area contributed by atoms with E-state index < -0.39 is 6.10 Å². The van der Waals surface area contributed by atoms with E-state index in [-0.39, 0.29) is 12.1 Å². The van der Waals surface area contributed by atoms with Gasteiger partial charge in [-0.1, -0.05) is 13.3 Å². The zero-order valence-electron chi connectivity index (χ0n) is 7.75. The van der Waals surface area contributed by atoms with Gasteiger partial charge in [-0.15, -0.1) is 0 Å². The largest absolute Gasteiger partial charge is 0.463 e. The summed E-state index contributed by atoms with van der Waals surface area (Å²) in [6, 6.07) is 0. The van der Waals surface area contributed by atoms with Gasteiger partial charge in [0.15, 0.2) is 0 Å². The fraction of sp³-hybridized carbons (Fsp3) is 0.778. The number of hydrogen-bond donors (Lipinski definition) is 1. The monoisotopic (exact) mass is 173 g/mol. The minimum absolute atomic E-state index is 0.205. The Morgan fingerprint density at radius 1 is 1.67 bits per heavy atom. The molecule has 0 saturated heterocycles. The first-order valence-electron chi connectivity index (χ1n) is 4.20. The standard InChI is InChI=1S/C9H17O3/c1-4-5-9(11)6-7(2)12-8(3)10/h7,9,11H,1,4-6H2,2-3H3. The summed E-state index contributed by atoms with van der Waals surface area (Å²) in [6.07, 6.45) is 1.25. The Hall–Kier alpha value is -0.570. The number of esters is 1. The predicted molar refractivity (Wildman–Crippen MR) is 46.4 cm³/mol. The first-order valence-corrected chi connectivity index (χ1v) is 4.20. The molecule has 0 amide bonds. The molecule has 1 N–H and O–H groups in total. The van der Waals surface area contributed by atoms with Crippen LogP contribution in [0.4, 0.5) is 0 Å². The lowest BCUT2D eigenvalue weighted by atomic mass is 10.1. The van der Waals surface area contributed by atoms with Gasteiger partial charge in [0.1, 0.15) is 6.10 Å². The van der Waals surface area contributed by atoms with Gasteiger partial charge in [-0.05, 0) is 13.3 Å². The van der Waals surface area contributed by atoms with Gasteiger partial charge in [0.05, 0.1) is 6.10 Å². The molecule has 0 aromatic heterocycles. The van der Waals surface area contributed by atoms with E-state index in [1.165, 1.54) is 6.92 Å². The van der Waals surface area contributed by atoms with Crippen molar-refractivity contribution in [1.82, 2.24) is 0 Å². The zero-order chi connectivity index (χ0) is 9.56. The number of carbonyl (C=O) groups is 1. The smallest absolute Gasteiger partial charge is 0.302 e. The first-order chi connectivity index (χ1) is 5.56. The number of hydrogen-bond acceptors (Lipinski definition) is 3. The van der Waals surface area contributed by atoms with Gasteiger partial charge in [0.25, 0.3) is 0 Å². The summed E-state index contributed by atoms with van der Waals surface area (Å²) in [6.45, 7) is 6.76. The molecule has 2 atom stereocenters. The maximum atomic E-state index is 10.5. The van der Waals surface area contributed by atoms with E-state index in [1.807, 2.05) is 0 Å². The van der Waals surface area contributed by atoms with E-state index in [0.717, 1.165) is 0 Å². The maximum Gasteiger partial charge on any atom is 0.302 e. The Kier molecular flexibility index (Phi) is 5.72. The molecule has 0 spiro atoms. The molecule has 2 unspecified atom stereocenters. The van der Waals surface area contributed by atoms with Crippen LogP contribution < -0.4 is 0 Å². The van der Waals surface area contributed by atoms with E-state index in [0.29, 0.717) is 19.3 Å². The van der Waals surface area contributed by atoms with Gasteiger partial charge >= 0.3 is 5.97 Å². The molecule has 0 fully saturated rings. The summed E-state index contributed by atoms with van der Waals surface area (Å²) in [5.74, 6) is -0.302. The van der Waals surface area contributed by atoms with Gasteiger partial charge in [-0.25, -0.2) is 0 Å². The quantitative estimate of drug-likeness (QED) is 0.637. The molecular formula is C9H17O3. The third-order valence-electron chi connectivity index (χ3n) is 1.51. The van der Waals surface area contributed by atoms with E-state index in [9.17, 15) is 9.90 Å². The van der Waals surface area contributed by atoms with Crippen molar-refractivity contribution < 1.29 is 14.6 Å². The molecule has 0 aromatic carbocycles. The summed E-state index contributed by atoms with van der Waals surface area (Å²) in [7, 11) is 0. The molecule has 1 radical (unpaired) electrons. The van der Waals surface area contributed by atoms with Crippen molar-refractivity contribution in [2.24, 2.45) is 0 Å². The van der Waals surface area contributed by atoms with E-state index in [4.69, 9.17) is 4.74 Å². The Morgan fingerprint density at radius 2 is 2.25 bits per heavy atom. The highest BCUT2D eigenvalue weighted by Crippen LogP contribution is 2.07. The Labute approximate surface area is 73.7 Å². The van der Waals surface area contributed by atoms with Crippen molar-refractivity contribution in [3.8, 4) is 0 Å². The second-order valence-electron chi connectivity index (χ2n) is 2.95. The van der Waals surface area contributed by atoms with Crippen LogP contribution in [0.1, 0.15) is 33.1 Å². The van der Waals surface area contributed by atoms with Gasteiger partial charge in [0.2, 0.25) is 0 Å². The lowest BCUT2D eigenvalue weighted by Crippen LogP contribution is -2.19. The maximum absolute atomic E-state index is 10.5. The van der Waals surface area contributed by atoms with Crippen molar-refractivity contribution in [3.63, 3.8) is 0 Å². The predicted octanol–water partition coefficient (Wildman–Crippen LogP) is 1.30.